The molecule has 0 aliphatic heterocycles. The summed E-state index contributed by atoms with van der Waals surface area (Å²) in [6.07, 6.45) is 0.907. The summed E-state index contributed by atoms with van der Waals surface area (Å²) in [5.74, 6) is 0.637. The Morgan fingerprint density at radius 1 is 1.00 bits per heavy atom. The Morgan fingerprint density at radius 2 is 1.79 bits per heavy atom. The van der Waals surface area contributed by atoms with Crippen LogP contribution in [0.25, 0.3) is 22.0 Å². The lowest BCUT2D eigenvalue weighted by atomic mass is 10.0. The summed E-state index contributed by atoms with van der Waals surface area (Å²) in [5.41, 5.74) is 10.4. The average molecular weight is 248 g/mol. The molecule has 3 rings (SSSR count). The lowest BCUT2D eigenvalue weighted by Gasteiger charge is -2.09. The molecule has 2 N–H and O–H groups in total. The van der Waals surface area contributed by atoms with Gasteiger partial charge in [-0.3, -0.25) is 0 Å². The fourth-order valence-corrected chi connectivity index (χ4v) is 2.39. The number of para-hydroxylation sites is 1. The van der Waals surface area contributed by atoms with Crippen LogP contribution in [0.1, 0.15) is 12.5 Å². The van der Waals surface area contributed by atoms with E-state index in [9.17, 15) is 0 Å². The summed E-state index contributed by atoms with van der Waals surface area (Å²) in [4.78, 5) is 4.60. The first kappa shape index (κ1) is 11.7. The van der Waals surface area contributed by atoms with Gasteiger partial charge in [0.15, 0.2) is 0 Å². The normalized spacial score (nSPS) is 10.8. The minimum atomic E-state index is 0.637. The quantitative estimate of drug-likeness (QED) is 0.743. The van der Waals surface area contributed by atoms with E-state index in [0.29, 0.717) is 5.82 Å². The molecule has 0 aliphatic carbocycles. The Labute approximate surface area is 112 Å². The largest absolute Gasteiger partial charge is 0.383 e. The molecular formula is C17H16N2. The first-order valence-electron chi connectivity index (χ1n) is 6.53. The second kappa shape index (κ2) is 4.73. The molecule has 0 fully saturated rings. The van der Waals surface area contributed by atoms with Gasteiger partial charge >= 0.3 is 0 Å². The van der Waals surface area contributed by atoms with Crippen LogP contribution in [-0.2, 0) is 6.42 Å². The fraction of sp³-hybridized carbons (Fsp3) is 0.118. The summed E-state index contributed by atoms with van der Waals surface area (Å²) < 4.78 is 0. The van der Waals surface area contributed by atoms with Crippen molar-refractivity contribution < 1.29 is 0 Å². The predicted octanol–water partition coefficient (Wildman–Crippen LogP) is 4.05. The zero-order valence-corrected chi connectivity index (χ0v) is 10.9. The smallest absolute Gasteiger partial charge is 0.127 e. The van der Waals surface area contributed by atoms with E-state index < -0.39 is 0 Å². The molecule has 2 aromatic carbocycles. The summed E-state index contributed by atoms with van der Waals surface area (Å²) in [7, 11) is 0. The number of anilines is 1. The van der Waals surface area contributed by atoms with Gasteiger partial charge in [-0.25, -0.2) is 4.98 Å². The van der Waals surface area contributed by atoms with Crippen LogP contribution >= 0.6 is 0 Å². The zero-order chi connectivity index (χ0) is 13.2. The van der Waals surface area contributed by atoms with Crippen molar-refractivity contribution in [3.05, 3.63) is 60.2 Å². The number of aromatic nitrogens is 1. The van der Waals surface area contributed by atoms with E-state index in [1.54, 1.807) is 0 Å². The lowest BCUT2D eigenvalue weighted by Crippen LogP contribution is -1.98. The molecule has 0 unspecified atom stereocenters. The van der Waals surface area contributed by atoms with Gasteiger partial charge in [-0.05, 0) is 23.6 Å². The van der Waals surface area contributed by atoms with Crippen molar-refractivity contribution in [1.82, 2.24) is 4.98 Å². The predicted molar refractivity (Wildman–Crippen MR) is 81.0 cm³/mol. The highest BCUT2D eigenvalue weighted by Gasteiger charge is 2.07. The minimum Gasteiger partial charge on any atom is -0.383 e. The Balaban J connectivity index is 2.30. The Kier molecular flexibility index (Phi) is 2.92. The van der Waals surface area contributed by atoms with Crippen molar-refractivity contribution in [2.75, 3.05) is 5.73 Å². The van der Waals surface area contributed by atoms with Gasteiger partial charge in [0.05, 0.1) is 5.52 Å². The number of nitrogens with zero attached hydrogens (tertiary/aromatic N) is 1. The molecule has 0 bridgehead atoms. The molecule has 0 saturated carbocycles. The van der Waals surface area contributed by atoms with Crippen LogP contribution in [0.5, 0.6) is 0 Å². The average Bonchev–Trinajstić information content (AvgIpc) is 2.47. The summed E-state index contributed by atoms with van der Waals surface area (Å²) in [5, 5.41) is 1.15. The lowest BCUT2D eigenvalue weighted by molar-refractivity contribution is 1.13. The van der Waals surface area contributed by atoms with E-state index >= 15 is 0 Å². The van der Waals surface area contributed by atoms with Gasteiger partial charge < -0.3 is 5.73 Å². The van der Waals surface area contributed by atoms with Crippen LogP contribution in [0.4, 0.5) is 5.82 Å². The van der Waals surface area contributed by atoms with Gasteiger partial charge in [0.25, 0.3) is 0 Å². The van der Waals surface area contributed by atoms with Gasteiger partial charge in [0.2, 0.25) is 0 Å². The Morgan fingerprint density at radius 3 is 2.53 bits per heavy atom. The molecule has 2 heteroatoms. The number of pyridine rings is 1. The number of fused-ring (bicyclic) bond motifs is 1. The third-order valence-electron chi connectivity index (χ3n) is 3.42. The highest BCUT2D eigenvalue weighted by atomic mass is 14.8. The second-order valence-corrected chi connectivity index (χ2v) is 4.63. The van der Waals surface area contributed by atoms with E-state index in [1.807, 2.05) is 18.2 Å². The number of hydrogen-bond donors (Lipinski definition) is 1. The van der Waals surface area contributed by atoms with Gasteiger partial charge in [0.1, 0.15) is 5.82 Å². The van der Waals surface area contributed by atoms with E-state index in [4.69, 9.17) is 5.73 Å². The number of nitrogen functional groups attached to an aromatic ring is 1. The van der Waals surface area contributed by atoms with E-state index in [0.717, 1.165) is 28.5 Å². The van der Waals surface area contributed by atoms with Crippen molar-refractivity contribution >= 4 is 16.7 Å². The highest BCUT2D eigenvalue weighted by molar-refractivity contribution is 5.94. The molecule has 19 heavy (non-hydrogen) atoms. The van der Waals surface area contributed by atoms with Crippen molar-refractivity contribution in [3.8, 4) is 11.1 Å². The SMILES string of the molecule is CCc1cc2cccc(-c3ccccc3)c2nc1N. The molecule has 1 aromatic heterocycles. The van der Waals surface area contributed by atoms with Gasteiger partial charge in [-0.2, -0.15) is 0 Å². The number of hydrogen-bond acceptors (Lipinski definition) is 2. The van der Waals surface area contributed by atoms with Gasteiger partial charge in [0, 0.05) is 10.9 Å². The topological polar surface area (TPSA) is 38.9 Å². The number of aryl methyl sites for hydroxylation is 1. The molecule has 0 saturated heterocycles. The van der Waals surface area contributed by atoms with Crippen LogP contribution < -0.4 is 5.73 Å². The standard InChI is InChI=1S/C17H16N2/c1-2-12-11-14-9-6-10-15(16(14)19-17(12)18)13-7-4-3-5-8-13/h3-11H,2H2,1H3,(H2,18,19). The van der Waals surface area contributed by atoms with Gasteiger partial charge in [-0.1, -0.05) is 55.5 Å². The summed E-state index contributed by atoms with van der Waals surface area (Å²) >= 11 is 0. The third-order valence-corrected chi connectivity index (χ3v) is 3.42. The molecular weight excluding hydrogens is 232 g/mol. The van der Waals surface area contributed by atoms with Gasteiger partial charge in [-0.15, -0.1) is 0 Å². The number of benzene rings is 2. The molecule has 0 radical (unpaired) electrons. The van der Waals surface area contributed by atoms with Crippen LogP contribution in [0.2, 0.25) is 0 Å². The molecule has 94 valence electrons. The number of rotatable bonds is 2. The van der Waals surface area contributed by atoms with Crippen LogP contribution in [0.3, 0.4) is 0 Å². The molecule has 0 spiro atoms. The van der Waals surface area contributed by atoms with Crippen molar-refractivity contribution in [2.45, 2.75) is 13.3 Å². The maximum absolute atomic E-state index is 6.03. The minimum absolute atomic E-state index is 0.637. The maximum atomic E-state index is 6.03. The van der Waals surface area contributed by atoms with Crippen molar-refractivity contribution in [3.63, 3.8) is 0 Å². The molecule has 0 amide bonds. The summed E-state index contributed by atoms with van der Waals surface area (Å²) in [6.45, 7) is 2.10. The fourth-order valence-electron chi connectivity index (χ4n) is 2.39. The first-order chi connectivity index (χ1) is 9.29. The van der Waals surface area contributed by atoms with Crippen LogP contribution in [-0.4, -0.2) is 4.98 Å². The first-order valence-corrected chi connectivity index (χ1v) is 6.53. The Hall–Kier alpha value is -2.35. The van der Waals surface area contributed by atoms with Crippen LogP contribution in [0.15, 0.2) is 54.6 Å². The molecule has 0 aliphatic rings. The molecule has 1 heterocycles. The molecule has 2 nitrogen and oxygen atoms in total. The zero-order valence-electron chi connectivity index (χ0n) is 10.9. The number of nitrogens with two attached hydrogens (primary N) is 1. The van der Waals surface area contributed by atoms with Crippen molar-refractivity contribution in [2.24, 2.45) is 0 Å². The second-order valence-electron chi connectivity index (χ2n) is 4.63. The van der Waals surface area contributed by atoms with Crippen molar-refractivity contribution in [1.29, 1.82) is 0 Å². The highest BCUT2D eigenvalue weighted by Crippen LogP contribution is 2.29. The van der Waals surface area contributed by atoms with E-state index in [1.165, 1.54) is 5.56 Å². The van der Waals surface area contributed by atoms with E-state index in [2.05, 4.69) is 48.3 Å². The monoisotopic (exact) mass is 248 g/mol. The van der Waals surface area contributed by atoms with Crippen LogP contribution in [0, 0.1) is 0 Å². The molecule has 0 atom stereocenters. The van der Waals surface area contributed by atoms with E-state index in [-0.39, 0.29) is 0 Å². The maximum Gasteiger partial charge on any atom is 0.127 e. The summed E-state index contributed by atoms with van der Waals surface area (Å²) in [6, 6.07) is 18.7. The third kappa shape index (κ3) is 2.06. The molecule has 3 aromatic rings. The Bertz CT molecular complexity index is 718.